The lowest BCUT2D eigenvalue weighted by molar-refractivity contribution is -0.139. The van der Waals surface area contributed by atoms with Crippen LogP contribution in [0.25, 0.3) is 0 Å². The van der Waals surface area contributed by atoms with E-state index < -0.39 is 28.5 Å². The van der Waals surface area contributed by atoms with E-state index in [-0.39, 0.29) is 23.4 Å². The largest absolute Gasteiger partial charge is 0.494 e. The molecule has 0 heterocycles. The lowest BCUT2D eigenvalue weighted by Crippen LogP contribution is -2.52. The van der Waals surface area contributed by atoms with Gasteiger partial charge in [0.2, 0.25) is 11.8 Å². The molecule has 8 nitrogen and oxygen atoms in total. The van der Waals surface area contributed by atoms with Crippen molar-refractivity contribution in [2.75, 3.05) is 17.5 Å². The third-order valence-electron chi connectivity index (χ3n) is 5.89. The van der Waals surface area contributed by atoms with Crippen molar-refractivity contribution in [2.24, 2.45) is 0 Å². The van der Waals surface area contributed by atoms with Gasteiger partial charge in [0.1, 0.15) is 18.3 Å². The number of benzene rings is 3. The fourth-order valence-corrected chi connectivity index (χ4v) is 5.57. The van der Waals surface area contributed by atoms with Gasteiger partial charge in [-0.25, -0.2) is 8.42 Å². The predicted octanol–water partition coefficient (Wildman–Crippen LogP) is 4.88. The highest BCUT2D eigenvalue weighted by Crippen LogP contribution is 2.26. The second-order valence-corrected chi connectivity index (χ2v) is 11.5. The summed E-state index contributed by atoms with van der Waals surface area (Å²) in [6, 6.07) is 20.4. The molecule has 2 amide bonds. The first kappa shape index (κ1) is 30.0. The molecule has 3 aromatic rings. The van der Waals surface area contributed by atoms with Crippen LogP contribution in [0.5, 0.6) is 5.75 Å². The van der Waals surface area contributed by atoms with Gasteiger partial charge in [-0.3, -0.25) is 13.9 Å². The molecule has 0 radical (unpaired) electrons. The van der Waals surface area contributed by atoms with E-state index in [9.17, 15) is 18.0 Å². The highest BCUT2D eigenvalue weighted by molar-refractivity contribution is 7.92. The second-order valence-electron chi connectivity index (χ2n) is 9.24. The average Bonchev–Trinajstić information content (AvgIpc) is 2.90. The maximum Gasteiger partial charge on any atom is 0.264 e. The Balaban J connectivity index is 1.99. The van der Waals surface area contributed by atoms with Crippen molar-refractivity contribution in [3.63, 3.8) is 0 Å². The fraction of sp³-hybridized carbons (Fsp3) is 0.310. The van der Waals surface area contributed by atoms with Crippen LogP contribution < -0.4 is 14.4 Å². The predicted molar refractivity (Wildman–Crippen MR) is 153 cm³/mol. The summed E-state index contributed by atoms with van der Waals surface area (Å²) in [5, 5.41) is 3.32. The van der Waals surface area contributed by atoms with Gasteiger partial charge < -0.3 is 15.0 Å². The quantitative estimate of drug-likeness (QED) is 0.334. The first-order chi connectivity index (χ1) is 18.5. The molecular weight excluding hydrogens is 538 g/mol. The number of para-hydroxylation sites is 1. The van der Waals surface area contributed by atoms with Crippen LogP contribution in [-0.4, -0.2) is 50.4 Å². The molecule has 0 bridgehead atoms. The van der Waals surface area contributed by atoms with Gasteiger partial charge in [-0.2, -0.15) is 0 Å². The monoisotopic (exact) mass is 571 g/mol. The lowest BCUT2D eigenvalue weighted by atomic mass is 10.1. The fourth-order valence-electron chi connectivity index (χ4n) is 3.94. The van der Waals surface area contributed by atoms with Crippen molar-refractivity contribution < 1.29 is 22.7 Å². The first-order valence-electron chi connectivity index (χ1n) is 12.7. The van der Waals surface area contributed by atoms with Gasteiger partial charge in [0.05, 0.1) is 17.2 Å². The minimum atomic E-state index is -4.15. The van der Waals surface area contributed by atoms with Gasteiger partial charge >= 0.3 is 0 Å². The molecule has 0 spiro atoms. The summed E-state index contributed by atoms with van der Waals surface area (Å²) >= 11 is 6.16. The number of carbonyl (C=O) groups is 2. The summed E-state index contributed by atoms with van der Waals surface area (Å²) in [6.07, 6.45) is 0. The number of carbonyl (C=O) groups excluding carboxylic acids is 2. The van der Waals surface area contributed by atoms with E-state index in [0.717, 1.165) is 4.31 Å². The Morgan fingerprint density at radius 3 is 2.21 bits per heavy atom. The number of anilines is 1. The summed E-state index contributed by atoms with van der Waals surface area (Å²) < 4.78 is 34.2. The molecule has 0 aromatic heterocycles. The Labute approximate surface area is 235 Å². The molecule has 10 heteroatoms. The molecule has 0 fully saturated rings. The summed E-state index contributed by atoms with van der Waals surface area (Å²) in [4.78, 5) is 28.2. The number of amides is 2. The summed E-state index contributed by atoms with van der Waals surface area (Å²) in [5.74, 6) is -0.350. The van der Waals surface area contributed by atoms with Crippen molar-refractivity contribution >= 4 is 39.1 Å². The number of hydrogen-bond donors (Lipinski definition) is 1. The van der Waals surface area contributed by atoms with Gasteiger partial charge in [-0.1, -0.05) is 41.9 Å². The third-order valence-corrected chi connectivity index (χ3v) is 7.91. The van der Waals surface area contributed by atoms with E-state index in [0.29, 0.717) is 28.6 Å². The molecule has 0 unspecified atom stereocenters. The second kappa shape index (κ2) is 13.5. The van der Waals surface area contributed by atoms with Gasteiger partial charge in [0.25, 0.3) is 10.0 Å². The van der Waals surface area contributed by atoms with Gasteiger partial charge in [0.15, 0.2) is 0 Å². The van der Waals surface area contributed by atoms with Crippen molar-refractivity contribution in [1.29, 1.82) is 0 Å². The normalized spacial score (nSPS) is 12.1. The number of sulfonamides is 1. The number of ether oxygens (including phenoxy) is 1. The molecule has 208 valence electrons. The zero-order chi connectivity index (χ0) is 28.6. The third kappa shape index (κ3) is 7.97. The van der Waals surface area contributed by atoms with Crippen LogP contribution in [0.4, 0.5) is 5.69 Å². The highest BCUT2D eigenvalue weighted by atomic mass is 35.5. The smallest absolute Gasteiger partial charge is 0.264 e. The van der Waals surface area contributed by atoms with Crippen LogP contribution in [0.3, 0.4) is 0 Å². The number of nitrogens with one attached hydrogen (secondary N) is 1. The maximum absolute atomic E-state index is 13.9. The SMILES string of the molecule is CCOc1ccc(S(=O)(=O)N(CC(=O)N(Cc2cccc(Cl)c2)[C@H](C)C(=O)NC(C)C)c2ccccc2)cc1. The first-order valence-corrected chi connectivity index (χ1v) is 14.5. The Kier molecular flexibility index (Phi) is 10.4. The summed E-state index contributed by atoms with van der Waals surface area (Å²) in [7, 11) is -4.15. The molecule has 3 rings (SSSR count). The van der Waals surface area contributed by atoms with Crippen LogP contribution in [0.2, 0.25) is 5.02 Å². The number of hydrogen-bond acceptors (Lipinski definition) is 5. The molecular formula is C29H34ClN3O5S. The maximum atomic E-state index is 13.9. The van der Waals surface area contributed by atoms with Gasteiger partial charge in [0, 0.05) is 17.6 Å². The zero-order valence-corrected chi connectivity index (χ0v) is 24.1. The topological polar surface area (TPSA) is 96.0 Å². The molecule has 1 N–H and O–H groups in total. The molecule has 0 aliphatic heterocycles. The molecule has 0 saturated carbocycles. The van der Waals surface area contributed by atoms with E-state index in [1.165, 1.54) is 17.0 Å². The van der Waals surface area contributed by atoms with Crippen LogP contribution >= 0.6 is 11.6 Å². The van der Waals surface area contributed by atoms with Crippen molar-refractivity contribution in [3.8, 4) is 5.75 Å². The Bertz CT molecular complexity index is 1370. The van der Waals surface area contributed by atoms with E-state index in [1.54, 1.807) is 73.7 Å². The molecule has 0 aliphatic rings. The molecule has 1 atom stereocenters. The minimum Gasteiger partial charge on any atom is -0.494 e. The standard InChI is InChI=1S/C29H34ClN3O5S/c1-5-38-26-14-16-27(17-15-26)39(36,37)33(25-12-7-6-8-13-25)20-28(34)32(22(4)29(35)31-21(2)3)19-23-10-9-11-24(30)18-23/h6-18,21-22H,5,19-20H2,1-4H3,(H,31,35)/t22-/m1/s1. The molecule has 0 saturated heterocycles. The van der Waals surface area contributed by atoms with Crippen LogP contribution in [-0.2, 0) is 26.2 Å². The van der Waals surface area contributed by atoms with Crippen molar-refractivity contribution in [2.45, 2.75) is 51.2 Å². The number of halogens is 1. The lowest BCUT2D eigenvalue weighted by Gasteiger charge is -2.32. The van der Waals surface area contributed by atoms with Crippen molar-refractivity contribution in [3.05, 3.63) is 89.4 Å². The number of nitrogens with zero attached hydrogens (tertiary/aromatic N) is 2. The molecule has 39 heavy (non-hydrogen) atoms. The average molecular weight is 572 g/mol. The van der Waals surface area contributed by atoms with Crippen LogP contribution in [0.15, 0.2) is 83.8 Å². The Morgan fingerprint density at radius 1 is 0.949 bits per heavy atom. The van der Waals surface area contributed by atoms with Crippen molar-refractivity contribution in [1.82, 2.24) is 10.2 Å². The Hall–Kier alpha value is -3.56. The van der Waals surface area contributed by atoms with Crippen LogP contribution in [0, 0.1) is 0 Å². The van der Waals surface area contributed by atoms with E-state index in [2.05, 4.69) is 5.32 Å². The van der Waals surface area contributed by atoms with E-state index in [1.807, 2.05) is 20.8 Å². The van der Waals surface area contributed by atoms with E-state index in [4.69, 9.17) is 16.3 Å². The minimum absolute atomic E-state index is 0.00889. The Morgan fingerprint density at radius 2 is 1.62 bits per heavy atom. The highest BCUT2D eigenvalue weighted by Gasteiger charge is 2.32. The molecule has 0 aliphatic carbocycles. The van der Waals surface area contributed by atoms with Gasteiger partial charge in [-0.05, 0) is 81.8 Å². The summed E-state index contributed by atoms with van der Waals surface area (Å²) in [5.41, 5.74) is 1.03. The van der Waals surface area contributed by atoms with Crippen LogP contribution in [0.1, 0.15) is 33.3 Å². The van der Waals surface area contributed by atoms with Gasteiger partial charge in [-0.15, -0.1) is 0 Å². The molecule has 3 aromatic carbocycles. The summed E-state index contributed by atoms with van der Waals surface area (Å²) in [6.45, 7) is 7.11. The van der Waals surface area contributed by atoms with E-state index >= 15 is 0 Å². The number of rotatable bonds is 12. The zero-order valence-electron chi connectivity index (χ0n) is 22.5.